The Morgan fingerprint density at radius 2 is 1.78 bits per heavy atom. The van der Waals surface area contributed by atoms with Crippen molar-refractivity contribution in [1.29, 1.82) is 0 Å². The minimum atomic E-state index is 0.838. The van der Waals surface area contributed by atoms with Crippen molar-refractivity contribution >= 4 is 0 Å². The van der Waals surface area contributed by atoms with Gasteiger partial charge in [-0.15, -0.1) is 0 Å². The molecule has 0 bridgehead atoms. The first kappa shape index (κ1) is 16.2. The van der Waals surface area contributed by atoms with Gasteiger partial charge in [0.25, 0.3) is 0 Å². The second-order valence-electron chi connectivity index (χ2n) is 6.75. The summed E-state index contributed by atoms with van der Waals surface area (Å²) in [5.41, 5.74) is 1.25. The Bertz CT molecular complexity index is 536. The summed E-state index contributed by atoms with van der Waals surface area (Å²) in [5, 5.41) is 0. The highest BCUT2D eigenvalue weighted by Gasteiger charge is 2.12. The fourth-order valence-corrected chi connectivity index (χ4v) is 3.52. The highest BCUT2D eigenvalue weighted by Crippen LogP contribution is 2.27. The van der Waals surface area contributed by atoms with E-state index in [1.54, 1.807) is 6.26 Å². The molecular formula is C21H28O2. The third-order valence-electron chi connectivity index (χ3n) is 4.88. The fourth-order valence-electron chi connectivity index (χ4n) is 3.52. The predicted octanol–water partition coefficient (Wildman–Crippen LogP) is 6.00. The number of hydrogen-bond acceptors (Lipinski definition) is 2. The average Bonchev–Trinajstić information content (AvgIpc) is 3.10. The van der Waals surface area contributed by atoms with Crippen LogP contribution in [0.4, 0.5) is 0 Å². The Hall–Kier alpha value is -1.70. The molecule has 0 saturated heterocycles. The molecule has 1 heterocycles. The van der Waals surface area contributed by atoms with Gasteiger partial charge in [-0.3, -0.25) is 0 Å². The van der Waals surface area contributed by atoms with E-state index in [9.17, 15) is 0 Å². The summed E-state index contributed by atoms with van der Waals surface area (Å²) in [7, 11) is 0. The van der Waals surface area contributed by atoms with Crippen LogP contribution in [0, 0.1) is 5.92 Å². The van der Waals surface area contributed by atoms with Crippen molar-refractivity contribution in [3.05, 3.63) is 54.0 Å². The zero-order valence-electron chi connectivity index (χ0n) is 14.0. The first-order valence-electron chi connectivity index (χ1n) is 9.14. The van der Waals surface area contributed by atoms with Crippen LogP contribution in [0.2, 0.25) is 0 Å². The quantitative estimate of drug-likeness (QED) is 0.558. The van der Waals surface area contributed by atoms with Crippen LogP contribution in [0.3, 0.4) is 0 Å². The zero-order valence-corrected chi connectivity index (χ0v) is 14.0. The first-order valence-corrected chi connectivity index (χ1v) is 9.14. The Morgan fingerprint density at radius 3 is 2.52 bits per heavy atom. The zero-order chi connectivity index (χ0) is 15.7. The van der Waals surface area contributed by atoms with E-state index in [0.717, 1.165) is 30.5 Å². The summed E-state index contributed by atoms with van der Waals surface area (Å²) in [6.07, 6.45) is 13.7. The third kappa shape index (κ3) is 5.46. The number of hydrogen-bond donors (Lipinski definition) is 0. The van der Waals surface area contributed by atoms with Crippen LogP contribution in [0.25, 0.3) is 0 Å². The van der Waals surface area contributed by atoms with Crippen molar-refractivity contribution in [3.8, 4) is 5.75 Å². The molecule has 1 aromatic heterocycles. The number of furan rings is 1. The minimum absolute atomic E-state index is 0.838. The van der Waals surface area contributed by atoms with Gasteiger partial charge in [0.1, 0.15) is 11.5 Å². The topological polar surface area (TPSA) is 22.4 Å². The normalized spacial score (nSPS) is 15.7. The molecule has 0 amide bonds. The Kier molecular flexibility index (Phi) is 6.19. The molecule has 1 saturated carbocycles. The van der Waals surface area contributed by atoms with Crippen molar-refractivity contribution in [2.45, 2.75) is 57.8 Å². The molecule has 1 aliphatic rings. The van der Waals surface area contributed by atoms with Crippen LogP contribution in [-0.4, -0.2) is 6.61 Å². The average molecular weight is 312 g/mol. The molecule has 1 fully saturated rings. The number of unbranched alkanes of at least 4 members (excludes halogenated alkanes) is 1. The SMILES string of the molecule is c1coc(Cc2ccc(OCCCCC3CCCCC3)cc2)c1. The number of benzene rings is 1. The van der Waals surface area contributed by atoms with Crippen LogP contribution < -0.4 is 4.74 Å². The van der Waals surface area contributed by atoms with Crippen LogP contribution in [0.15, 0.2) is 47.1 Å². The van der Waals surface area contributed by atoms with Crippen LogP contribution in [0.1, 0.15) is 62.7 Å². The van der Waals surface area contributed by atoms with Gasteiger partial charge in [-0.2, -0.15) is 0 Å². The van der Waals surface area contributed by atoms with Crippen LogP contribution >= 0.6 is 0 Å². The van der Waals surface area contributed by atoms with Crippen molar-refractivity contribution < 1.29 is 9.15 Å². The maximum atomic E-state index is 5.86. The number of rotatable bonds is 8. The second-order valence-corrected chi connectivity index (χ2v) is 6.75. The molecule has 0 spiro atoms. The third-order valence-corrected chi connectivity index (χ3v) is 4.88. The molecule has 1 aliphatic carbocycles. The fraction of sp³-hybridized carbons (Fsp3) is 0.524. The van der Waals surface area contributed by atoms with E-state index in [0.29, 0.717) is 0 Å². The summed E-state index contributed by atoms with van der Waals surface area (Å²) < 4.78 is 11.2. The van der Waals surface area contributed by atoms with Gasteiger partial charge in [0.2, 0.25) is 0 Å². The predicted molar refractivity (Wildman–Crippen MR) is 93.9 cm³/mol. The summed E-state index contributed by atoms with van der Waals surface area (Å²) in [5.74, 6) is 2.97. The lowest BCUT2D eigenvalue weighted by Crippen LogP contribution is -2.06. The molecule has 0 radical (unpaired) electrons. The minimum Gasteiger partial charge on any atom is -0.494 e. The van der Waals surface area contributed by atoms with Gasteiger partial charge in [0, 0.05) is 6.42 Å². The van der Waals surface area contributed by atoms with Crippen LogP contribution in [-0.2, 0) is 6.42 Å². The Balaban J connectivity index is 1.32. The van der Waals surface area contributed by atoms with Gasteiger partial charge in [0.15, 0.2) is 0 Å². The molecule has 0 aliphatic heterocycles. The molecule has 1 aromatic carbocycles. The summed E-state index contributed by atoms with van der Waals surface area (Å²) in [6, 6.07) is 12.3. The largest absolute Gasteiger partial charge is 0.494 e. The van der Waals surface area contributed by atoms with Gasteiger partial charge < -0.3 is 9.15 Å². The molecule has 0 atom stereocenters. The maximum Gasteiger partial charge on any atom is 0.119 e. The Morgan fingerprint density at radius 1 is 0.957 bits per heavy atom. The standard InChI is InChI=1S/C21H28O2/c1-2-7-18(8-3-1)9-4-5-15-22-20-13-11-19(12-14-20)17-21-10-6-16-23-21/h6,10-14,16,18H,1-5,7-9,15,17H2. The smallest absolute Gasteiger partial charge is 0.119 e. The summed E-state index contributed by atoms with van der Waals surface area (Å²) in [6.45, 7) is 0.838. The van der Waals surface area contributed by atoms with E-state index < -0.39 is 0 Å². The molecule has 2 nitrogen and oxygen atoms in total. The second kappa shape index (κ2) is 8.81. The highest BCUT2D eigenvalue weighted by molar-refractivity contribution is 5.29. The Labute approximate surface area is 139 Å². The van der Waals surface area contributed by atoms with E-state index in [2.05, 4.69) is 24.3 Å². The molecule has 3 rings (SSSR count). The van der Waals surface area contributed by atoms with Crippen molar-refractivity contribution in [2.75, 3.05) is 6.61 Å². The first-order chi connectivity index (χ1) is 11.4. The summed E-state index contributed by atoms with van der Waals surface area (Å²) in [4.78, 5) is 0. The lowest BCUT2D eigenvalue weighted by molar-refractivity contribution is 0.283. The lowest BCUT2D eigenvalue weighted by atomic mass is 9.86. The molecular weight excluding hydrogens is 284 g/mol. The van der Waals surface area contributed by atoms with E-state index in [-0.39, 0.29) is 0 Å². The number of ether oxygens (including phenoxy) is 1. The molecule has 0 unspecified atom stereocenters. The van der Waals surface area contributed by atoms with E-state index in [1.165, 1.54) is 56.9 Å². The molecule has 2 aromatic rings. The monoisotopic (exact) mass is 312 g/mol. The van der Waals surface area contributed by atoms with Gasteiger partial charge in [0.05, 0.1) is 12.9 Å². The van der Waals surface area contributed by atoms with Crippen LogP contribution in [0.5, 0.6) is 5.75 Å². The van der Waals surface area contributed by atoms with Crippen molar-refractivity contribution in [3.63, 3.8) is 0 Å². The molecule has 2 heteroatoms. The van der Waals surface area contributed by atoms with Crippen molar-refractivity contribution in [2.24, 2.45) is 5.92 Å². The van der Waals surface area contributed by atoms with E-state index in [4.69, 9.17) is 9.15 Å². The molecule has 0 N–H and O–H groups in total. The molecule has 124 valence electrons. The van der Waals surface area contributed by atoms with Gasteiger partial charge in [-0.25, -0.2) is 0 Å². The van der Waals surface area contributed by atoms with Gasteiger partial charge in [-0.1, -0.05) is 50.7 Å². The summed E-state index contributed by atoms with van der Waals surface area (Å²) >= 11 is 0. The lowest BCUT2D eigenvalue weighted by Gasteiger charge is -2.21. The van der Waals surface area contributed by atoms with Crippen molar-refractivity contribution in [1.82, 2.24) is 0 Å². The molecule has 23 heavy (non-hydrogen) atoms. The van der Waals surface area contributed by atoms with Gasteiger partial charge >= 0.3 is 0 Å². The maximum absolute atomic E-state index is 5.86. The van der Waals surface area contributed by atoms with E-state index >= 15 is 0 Å². The van der Waals surface area contributed by atoms with E-state index in [1.807, 2.05) is 12.1 Å². The highest BCUT2D eigenvalue weighted by atomic mass is 16.5. The van der Waals surface area contributed by atoms with Gasteiger partial charge in [-0.05, 0) is 48.6 Å².